The van der Waals surface area contributed by atoms with E-state index in [2.05, 4.69) is 52.2 Å². The molecular weight excluding hydrogens is 440 g/mol. The number of aromatic nitrogens is 2. The van der Waals surface area contributed by atoms with Gasteiger partial charge in [0.2, 0.25) is 0 Å². The second-order valence-corrected chi connectivity index (χ2v) is 10.5. The predicted octanol–water partition coefficient (Wildman–Crippen LogP) is 5.54. The standard InChI is InChI=1S/C25H23ClN4OS/c1-15-12-29(13-15)25-28-24(31)23(32-25)9-16-2-7-22-19(8-16)11-27-30(22)14-18-5-6-20(26)10-21(18)17-3-4-17/h2,5-11,15,17H,3-4,12-14H2,1H3/b23-9-. The molecule has 32 heavy (non-hydrogen) atoms. The minimum atomic E-state index is -0.143. The van der Waals surface area contributed by atoms with Gasteiger partial charge in [-0.3, -0.25) is 9.48 Å². The van der Waals surface area contributed by atoms with E-state index in [4.69, 9.17) is 11.6 Å². The zero-order valence-electron chi connectivity index (χ0n) is 17.8. The van der Waals surface area contributed by atoms with E-state index in [1.165, 1.54) is 35.7 Å². The van der Waals surface area contributed by atoms with Crippen molar-refractivity contribution in [3.05, 3.63) is 69.2 Å². The summed E-state index contributed by atoms with van der Waals surface area (Å²) in [6.45, 7) is 4.90. The molecule has 1 saturated heterocycles. The first-order valence-electron chi connectivity index (χ1n) is 11.0. The quantitative estimate of drug-likeness (QED) is 0.478. The van der Waals surface area contributed by atoms with E-state index >= 15 is 0 Å². The number of hydrogen-bond acceptors (Lipinski definition) is 4. The van der Waals surface area contributed by atoms with Gasteiger partial charge in [-0.25, -0.2) is 0 Å². The third-order valence-electron chi connectivity index (χ3n) is 6.35. The van der Waals surface area contributed by atoms with Crippen LogP contribution in [0.1, 0.15) is 42.4 Å². The first-order valence-corrected chi connectivity index (χ1v) is 12.2. The molecule has 2 fully saturated rings. The Balaban J connectivity index is 1.23. The lowest BCUT2D eigenvalue weighted by molar-refractivity contribution is -0.113. The number of carbonyl (C=O) groups excluding carboxylic acids is 1. The Morgan fingerprint density at radius 3 is 2.81 bits per heavy atom. The maximum absolute atomic E-state index is 12.4. The number of rotatable bonds is 4. The minimum Gasteiger partial charge on any atom is -0.350 e. The molecule has 1 amide bonds. The van der Waals surface area contributed by atoms with E-state index in [0.717, 1.165) is 46.3 Å². The van der Waals surface area contributed by atoms with Gasteiger partial charge in [-0.15, -0.1) is 0 Å². The zero-order chi connectivity index (χ0) is 21.8. The monoisotopic (exact) mass is 462 g/mol. The third-order valence-corrected chi connectivity index (χ3v) is 7.63. The van der Waals surface area contributed by atoms with Crippen LogP contribution in [0, 0.1) is 5.92 Å². The fraction of sp³-hybridized carbons (Fsp3) is 0.320. The van der Waals surface area contributed by atoms with Crippen LogP contribution < -0.4 is 0 Å². The minimum absolute atomic E-state index is 0.143. The molecule has 0 unspecified atom stereocenters. The molecule has 162 valence electrons. The topological polar surface area (TPSA) is 50.5 Å². The lowest BCUT2D eigenvalue weighted by Gasteiger charge is -2.37. The number of likely N-dealkylation sites (tertiary alicyclic amines) is 1. The third kappa shape index (κ3) is 3.76. The molecule has 7 heteroatoms. The summed E-state index contributed by atoms with van der Waals surface area (Å²) in [6.07, 6.45) is 6.32. The molecule has 3 aromatic rings. The number of benzene rings is 2. The van der Waals surface area contributed by atoms with Crippen LogP contribution in [0.5, 0.6) is 0 Å². The first-order chi connectivity index (χ1) is 15.5. The lowest BCUT2D eigenvalue weighted by Crippen LogP contribution is -2.47. The average Bonchev–Trinajstić information content (AvgIpc) is 3.44. The van der Waals surface area contributed by atoms with Crippen LogP contribution in [-0.2, 0) is 11.3 Å². The Morgan fingerprint density at radius 1 is 1.19 bits per heavy atom. The Bertz CT molecular complexity index is 1300. The van der Waals surface area contributed by atoms with Gasteiger partial charge in [0.1, 0.15) is 0 Å². The van der Waals surface area contributed by atoms with Crippen molar-refractivity contribution in [3.8, 4) is 0 Å². The molecule has 6 rings (SSSR count). The van der Waals surface area contributed by atoms with E-state index in [0.29, 0.717) is 16.7 Å². The highest BCUT2D eigenvalue weighted by Crippen LogP contribution is 2.43. The molecule has 3 heterocycles. The van der Waals surface area contributed by atoms with Crippen LogP contribution in [0.4, 0.5) is 0 Å². The highest BCUT2D eigenvalue weighted by atomic mass is 35.5. The van der Waals surface area contributed by atoms with Crippen LogP contribution in [0.15, 0.2) is 52.5 Å². The van der Waals surface area contributed by atoms with Crippen molar-refractivity contribution in [3.63, 3.8) is 0 Å². The van der Waals surface area contributed by atoms with Crippen molar-refractivity contribution in [2.75, 3.05) is 13.1 Å². The molecule has 0 atom stereocenters. The SMILES string of the molecule is CC1CN(C2=NC(=O)/C(=C/c3ccc4c(cnn4Cc4ccc(Cl)cc4C4CC4)c3)S2)C1. The molecule has 3 aliphatic rings. The number of fused-ring (bicyclic) bond motifs is 1. The van der Waals surface area contributed by atoms with Gasteiger partial charge in [-0.05, 0) is 83.5 Å². The molecule has 0 N–H and O–H groups in total. The van der Waals surface area contributed by atoms with Crippen molar-refractivity contribution < 1.29 is 4.79 Å². The summed E-state index contributed by atoms with van der Waals surface area (Å²) < 4.78 is 2.04. The van der Waals surface area contributed by atoms with Gasteiger partial charge in [0, 0.05) is 23.5 Å². The molecule has 1 aliphatic carbocycles. The largest absolute Gasteiger partial charge is 0.350 e. The van der Waals surface area contributed by atoms with Gasteiger partial charge in [-0.1, -0.05) is 30.7 Å². The van der Waals surface area contributed by atoms with Crippen LogP contribution in [0.2, 0.25) is 5.02 Å². The van der Waals surface area contributed by atoms with Crippen molar-refractivity contribution >= 4 is 51.4 Å². The number of aliphatic imine (C=N–C) groups is 1. The fourth-order valence-corrected chi connectivity index (χ4v) is 5.62. The molecule has 1 saturated carbocycles. The van der Waals surface area contributed by atoms with E-state index in [-0.39, 0.29) is 5.91 Å². The van der Waals surface area contributed by atoms with Gasteiger partial charge in [0.25, 0.3) is 5.91 Å². The average molecular weight is 463 g/mol. The van der Waals surface area contributed by atoms with E-state index in [1.54, 1.807) is 0 Å². The maximum Gasteiger partial charge on any atom is 0.286 e. The summed E-state index contributed by atoms with van der Waals surface area (Å²) in [6, 6.07) is 12.4. The van der Waals surface area contributed by atoms with Crippen molar-refractivity contribution in [1.29, 1.82) is 0 Å². The number of amidine groups is 1. The highest BCUT2D eigenvalue weighted by molar-refractivity contribution is 8.18. The Kier molecular flexibility index (Phi) is 4.88. The lowest BCUT2D eigenvalue weighted by atomic mass is 10.0. The molecule has 1 aromatic heterocycles. The molecule has 2 aliphatic heterocycles. The van der Waals surface area contributed by atoms with Crippen molar-refractivity contribution in [1.82, 2.24) is 14.7 Å². The summed E-state index contributed by atoms with van der Waals surface area (Å²) in [5, 5.41) is 7.34. The Labute approximate surface area is 196 Å². The van der Waals surface area contributed by atoms with Crippen LogP contribution in [0.3, 0.4) is 0 Å². The molecule has 5 nitrogen and oxygen atoms in total. The highest BCUT2D eigenvalue weighted by Gasteiger charge is 2.32. The second kappa shape index (κ2) is 7.78. The fourth-order valence-electron chi connectivity index (χ4n) is 4.51. The Morgan fingerprint density at radius 2 is 2.03 bits per heavy atom. The van der Waals surface area contributed by atoms with Gasteiger partial charge in [-0.2, -0.15) is 10.1 Å². The van der Waals surface area contributed by atoms with E-state index < -0.39 is 0 Å². The normalized spacial score (nSPS) is 20.3. The summed E-state index contributed by atoms with van der Waals surface area (Å²) >= 11 is 7.72. The number of thioether (sulfide) groups is 1. The van der Waals surface area contributed by atoms with Gasteiger partial charge in [0.15, 0.2) is 5.17 Å². The number of nitrogens with zero attached hydrogens (tertiary/aromatic N) is 4. The first kappa shape index (κ1) is 20.1. The number of amides is 1. The van der Waals surface area contributed by atoms with E-state index in [9.17, 15) is 4.79 Å². The van der Waals surface area contributed by atoms with Crippen LogP contribution >= 0.6 is 23.4 Å². The molecule has 2 aromatic carbocycles. The number of halogens is 1. The van der Waals surface area contributed by atoms with Gasteiger partial charge in [0.05, 0.1) is 23.2 Å². The summed E-state index contributed by atoms with van der Waals surface area (Å²) in [7, 11) is 0. The van der Waals surface area contributed by atoms with E-state index in [1.807, 2.05) is 23.0 Å². The summed E-state index contributed by atoms with van der Waals surface area (Å²) in [5.74, 6) is 1.17. The van der Waals surface area contributed by atoms with Gasteiger partial charge >= 0.3 is 0 Å². The Hall–Kier alpha value is -2.57. The van der Waals surface area contributed by atoms with Crippen molar-refractivity contribution in [2.24, 2.45) is 10.9 Å². The van der Waals surface area contributed by atoms with Crippen molar-refractivity contribution in [2.45, 2.75) is 32.2 Å². The van der Waals surface area contributed by atoms with Crippen LogP contribution in [0.25, 0.3) is 17.0 Å². The molecular formula is C25H23ClN4OS. The maximum atomic E-state index is 12.4. The number of carbonyl (C=O) groups is 1. The molecule has 0 radical (unpaired) electrons. The zero-order valence-corrected chi connectivity index (χ0v) is 19.4. The predicted molar refractivity (Wildman–Crippen MR) is 131 cm³/mol. The summed E-state index contributed by atoms with van der Waals surface area (Å²) in [4.78, 5) is 19.5. The summed E-state index contributed by atoms with van der Waals surface area (Å²) in [5.41, 5.74) is 4.71. The van der Waals surface area contributed by atoms with Crippen LogP contribution in [-0.4, -0.2) is 38.8 Å². The van der Waals surface area contributed by atoms with Gasteiger partial charge < -0.3 is 4.90 Å². The molecule has 0 bridgehead atoms. The smallest absolute Gasteiger partial charge is 0.286 e. The number of hydrogen-bond donors (Lipinski definition) is 0. The molecule has 0 spiro atoms. The second-order valence-electron chi connectivity index (χ2n) is 9.06.